The van der Waals surface area contributed by atoms with Crippen molar-refractivity contribution in [2.45, 2.75) is 30.8 Å². The molecule has 4 rings (SSSR count). The lowest BCUT2D eigenvalue weighted by atomic mass is 10.2. The molecular weight excluding hydrogens is 466 g/mol. The number of benzene rings is 2. The van der Waals surface area contributed by atoms with Crippen LogP contribution in [0, 0.1) is 20.8 Å². The average molecular weight is 490 g/mol. The highest BCUT2D eigenvalue weighted by Gasteiger charge is 2.13. The number of carbonyl (C=O) groups excluding carboxylic acids is 1. The molecule has 0 atom stereocenters. The van der Waals surface area contributed by atoms with Crippen LogP contribution in [0.3, 0.4) is 0 Å². The number of hydrogen-bond acceptors (Lipinski definition) is 7. The predicted molar refractivity (Wildman–Crippen MR) is 135 cm³/mol. The van der Waals surface area contributed by atoms with Gasteiger partial charge in [0.1, 0.15) is 11.6 Å². The average Bonchev–Trinajstić information content (AvgIpc) is 3.20. The fourth-order valence-corrected chi connectivity index (χ4v) is 4.16. The normalized spacial score (nSPS) is 10.6. The molecule has 0 aliphatic heterocycles. The van der Waals surface area contributed by atoms with E-state index in [0.29, 0.717) is 16.7 Å². The minimum absolute atomic E-state index is 0.0141. The highest BCUT2D eigenvalue weighted by molar-refractivity contribution is 7.99. The summed E-state index contributed by atoms with van der Waals surface area (Å²) in [4.78, 5) is 33.8. The fourth-order valence-electron chi connectivity index (χ4n) is 3.28. The van der Waals surface area contributed by atoms with Gasteiger partial charge in [-0.25, -0.2) is 19.6 Å². The number of H-pyrrole nitrogens is 1. The summed E-state index contributed by atoms with van der Waals surface area (Å²) in [5.41, 5.74) is 3.40. The maximum atomic E-state index is 12.4. The van der Waals surface area contributed by atoms with Crippen LogP contribution in [0.4, 0.5) is 27.8 Å². The zero-order valence-electron chi connectivity index (χ0n) is 19.2. The Balaban J connectivity index is 1.44. The number of nitrogens with one attached hydrogen (secondary N) is 4. The molecule has 35 heavy (non-hydrogen) atoms. The van der Waals surface area contributed by atoms with Crippen LogP contribution in [0.15, 0.2) is 64.6 Å². The Labute approximate surface area is 205 Å². The number of carbonyl (C=O) groups is 2. The van der Waals surface area contributed by atoms with Gasteiger partial charge in [-0.3, -0.25) is 5.10 Å². The number of aromatic carboxylic acids is 1. The van der Waals surface area contributed by atoms with E-state index in [4.69, 9.17) is 0 Å². The van der Waals surface area contributed by atoms with E-state index >= 15 is 0 Å². The molecule has 2 heterocycles. The van der Waals surface area contributed by atoms with Gasteiger partial charge in [0.05, 0.1) is 16.9 Å². The van der Waals surface area contributed by atoms with E-state index < -0.39 is 12.0 Å². The maximum absolute atomic E-state index is 12.4. The number of urea groups is 1. The van der Waals surface area contributed by atoms with Crippen molar-refractivity contribution in [3.05, 3.63) is 77.1 Å². The molecule has 0 spiro atoms. The summed E-state index contributed by atoms with van der Waals surface area (Å²) in [6.07, 6.45) is 0. The molecule has 0 unspecified atom stereocenters. The summed E-state index contributed by atoms with van der Waals surface area (Å²) < 4.78 is 0. The van der Waals surface area contributed by atoms with Crippen molar-refractivity contribution >= 4 is 46.8 Å². The van der Waals surface area contributed by atoms with Crippen LogP contribution in [0.5, 0.6) is 0 Å². The molecule has 11 heteroatoms. The lowest BCUT2D eigenvalue weighted by Crippen LogP contribution is -2.21. The summed E-state index contributed by atoms with van der Waals surface area (Å²) >= 11 is 1.41. The number of nitrogens with zero attached hydrogens (tertiary/aromatic N) is 3. The molecule has 0 bridgehead atoms. The molecule has 178 valence electrons. The minimum Gasteiger partial charge on any atom is -0.478 e. The Kier molecular flexibility index (Phi) is 6.97. The standard InChI is InChI=1S/C24H23N7O3S/c1-13-10-16(26-23(34)27-18-7-5-4-6-17(18)22(32)33)8-9-19(13)35-24-25-14(2)11-20(29-24)28-21-12-15(3)30-31-21/h4-12H,1-3H3,(H,32,33)(H2,26,27,34)(H2,25,28,29,30,31). The first-order valence-electron chi connectivity index (χ1n) is 10.6. The summed E-state index contributed by atoms with van der Waals surface area (Å²) in [6, 6.07) is 14.9. The van der Waals surface area contributed by atoms with Crippen molar-refractivity contribution in [3.63, 3.8) is 0 Å². The van der Waals surface area contributed by atoms with Gasteiger partial charge in [0, 0.05) is 28.4 Å². The minimum atomic E-state index is -1.12. The van der Waals surface area contributed by atoms with Crippen molar-refractivity contribution in [2.75, 3.05) is 16.0 Å². The van der Waals surface area contributed by atoms with Crippen molar-refractivity contribution in [1.82, 2.24) is 20.2 Å². The van der Waals surface area contributed by atoms with Crippen LogP contribution in [0.1, 0.15) is 27.3 Å². The van der Waals surface area contributed by atoms with Crippen molar-refractivity contribution in [1.29, 1.82) is 0 Å². The number of rotatable bonds is 7. The second-order valence-electron chi connectivity index (χ2n) is 7.74. The summed E-state index contributed by atoms with van der Waals surface area (Å²) in [5.74, 6) is 0.278. The van der Waals surface area contributed by atoms with Gasteiger partial charge in [-0.05, 0) is 68.4 Å². The van der Waals surface area contributed by atoms with Crippen LogP contribution in [0.25, 0.3) is 0 Å². The Bertz CT molecular complexity index is 1400. The lowest BCUT2D eigenvalue weighted by Gasteiger charge is -2.12. The molecule has 0 saturated carbocycles. The van der Waals surface area contributed by atoms with E-state index in [1.807, 2.05) is 45.0 Å². The van der Waals surface area contributed by atoms with Crippen molar-refractivity contribution in [3.8, 4) is 0 Å². The van der Waals surface area contributed by atoms with Crippen LogP contribution in [0.2, 0.25) is 0 Å². The topological polar surface area (TPSA) is 145 Å². The number of aryl methyl sites for hydroxylation is 3. The molecule has 0 saturated heterocycles. The van der Waals surface area contributed by atoms with Crippen LogP contribution in [-0.4, -0.2) is 37.3 Å². The number of amides is 2. The first-order chi connectivity index (χ1) is 16.8. The largest absolute Gasteiger partial charge is 0.478 e. The Morgan fingerprint density at radius 2 is 1.74 bits per heavy atom. The van der Waals surface area contributed by atoms with Gasteiger partial charge in [-0.1, -0.05) is 12.1 Å². The quantitative estimate of drug-likeness (QED) is 0.218. The molecule has 2 amide bonds. The van der Waals surface area contributed by atoms with Gasteiger partial charge in [-0.2, -0.15) is 5.10 Å². The molecule has 0 fully saturated rings. The highest BCUT2D eigenvalue weighted by Crippen LogP contribution is 2.31. The van der Waals surface area contributed by atoms with Gasteiger partial charge >= 0.3 is 12.0 Å². The summed E-state index contributed by atoms with van der Waals surface area (Å²) in [5, 5.41) is 25.4. The Morgan fingerprint density at radius 1 is 0.943 bits per heavy atom. The molecule has 5 N–H and O–H groups in total. The number of aromatic nitrogens is 4. The van der Waals surface area contributed by atoms with Crippen molar-refractivity contribution in [2.24, 2.45) is 0 Å². The number of aromatic amines is 1. The molecule has 0 aliphatic carbocycles. The number of carboxylic acids is 1. The third-order valence-corrected chi connectivity index (χ3v) is 5.89. The van der Waals surface area contributed by atoms with E-state index in [-0.39, 0.29) is 11.3 Å². The van der Waals surface area contributed by atoms with Gasteiger partial charge in [-0.15, -0.1) is 0 Å². The third-order valence-electron chi connectivity index (χ3n) is 4.84. The molecule has 4 aromatic rings. The molecule has 0 aliphatic rings. The second kappa shape index (κ2) is 10.3. The molecule has 2 aromatic carbocycles. The van der Waals surface area contributed by atoms with Gasteiger partial charge in [0.25, 0.3) is 0 Å². The van der Waals surface area contributed by atoms with Gasteiger partial charge < -0.3 is 21.1 Å². The van der Waals surface area contributed by atoms with E-state index in [1.165, 1.54) is 23.9 Å². The fraction of sp³-hybridized carbons (Fsp3) is 0.125. The number of para-hydroxylation sites is 1. The zero-order chi connectivity index (χ0) is 24.9. The highest BCUT2D eigenvalue weighted by atomic mass is 32.2. The molecular formula is C24H23N7O3S. The van der Waals surface area contributed by atoms with Crippen LogP contribution >= 0.6 is 11.8 Å². The van der Waals surface area contributed by atoms with E-state index in [9.17, 15) is 14.7 Å². The van der Waals surface area contributed by atoms with E-state index in [1.54, 1.807) is 18.2 Å². The van der Waals surface area contributed by atoms with Gasteiger partial charge in [0.15, 0.2) is 5.16 Å². The smallest absolute Gasteiger partial charge is 0.337 e. The number of hydrogen-bond donors (Lipinski definition) is 5. The second-order valence-corrected chi connectivity index (χ2v) is 8.75. The molecule has 0 radical (unpaired) electrons. The van der Waals surface area contributed by atoms with Crippen LogP contribution < -0.4 is 16.0 Å². The maximum Gasteiger partial charge on any atom is 0.337 e. The first-order valence-corrected chi connectivity index (χ1v) is 11.4. The third kappa shape index (κ3) is 6.15. The van der Waals surface area contributed by atoms with Crippen molar-refractivity contribution < 1.29 is 14.7 Å². The Hall–Kier alpha value is -4.38. The van der Waals surface area contributed by atoms with E-state index in [0.717, 1.165) is 27.7 Å². The summed E-state index contributed by atoms with van der Waals surface area (Å²) in [6.45, 7) is 5.72. The molecule has 2 aromatic heterocycles. The van der Waals surface area contributed by atoms with Crippen LogP contribution in [-0.2, 0) is 0 Å². The number of anilines is 4. The monoisotopic (exact) mass is 489 g/mol. The lowest BCUT2D eigenvalue weighted by molar-refractivity contribution is 0.0698. The summed E-state index contributed by atoms with van der Waals surface area (Å²) in [7, 11) is 0. The van der Waals surface area contributed by atoms with Gasteiger partial charge in [0.2, 0.25) is 0 Å². The predicted octanol–water partition coefficient (Wildman–Crippen LogP) is 5.36. The van der Waals surface area contributed by atoms with E-state index in [2.05, 4.69) is 36.1 Å². The number of carboxylic acid groups (broad SMARTS) is 1. The zero-order valence-corrected chi connectivity index (χ0v) is 20.0. The SMILES string of the molecule is Cc1cc(Nc2cc(C)nc(Sc3ccc(NC(=O)Nc4ccccc4C(=O)O)cc3C)n2)[nH]n1. The Morgan fingerprint density at radius 3 is 2.46 bits per heavy atom. The first kappa shape index (κ1) is 23.8. The molecule has 10 nitrogen and oxygen atoms in total.